The number of nitrogens with zero attached hydrogens (tertiary/aromatic N) is 3. The number of likely N-dealkylation sites (tertiary alicyclic amines) is 1. The van der Waals surface area contributed by atoms with Crippen molar-refractivity contribution in [3.8, 4) is 0 Å². The number of thioether (sulfide) groups is 2. The molecule has 0 saturated carbocycles. The van der Waals surface area contributed by atoms with Crippen LogP contribution in [0.2, 0.25) is 0 Å². The average Bonchev–Trinajstić information content (AvgIpc) is 3.14. The van der Waals surface area contributed by atoms with Crippen molar-refractivity contribution in [2.24, 2.45) is 4.99 Å². The van der Waals surface area contributed by atoms with Gasteiger partial charge in [0.1, 0.15) is 5.25 Å². The van der Waals surface area contributed by atoms with Gasteiger partial charge < -0.3 is 15.1 Å². The van der Waals surface area contributed by atoms with Crippen molar-refractivity contribution in [3.05, 3.63) is 29.8 Å². The lowest BCUT2D eigenvalue weighted by atomic mass is 10.1. The van der Waals surface area contributed by atoms with Crippen LogP contribution in [-0.2, 0) is 9.59 Å². The normalized spacial score (nSPS) is 22.1. The first-order valence-electron chi connectivity index (χ1n) is 10.4. The lowest BCUT2D eigenvalue weighted by Gasteiger charge is -2.27. The molecule has 1 aromatic carbocycles. The predicted octanol–water partition coefficient (Wildman–Crippen LogP) is 2.69. The summed E-state index contributed by atoms with van der Waals surface area (Å²) in [7, 11) is 0. The number of carbonyl (C=O) groups is 3. The standard InChI is InChI=1S/C21H26N4O3S2/c26-18(14-17-19(27)23-21(30-17)25-7-2-1-3-8-25)22-16-6-4-5-15(13-16)20(28)24-9-11-29-12-10-24/h4-6,13,17H,1-3,7-12,14H2,(H,22,26). The van der Waals surface area contributed by atoms with Crippen LogP contribution in [0.25, 0.3) is 0 Å². The Morgan fingerprint density at radius 2 is 1.87 bits per heavy atom. The maximum atomic E-state index is 12.7. The molecule has 0 radical (unpaired) electrons. The SMILES string of the molecule is O=C(CC1SC(N2CCCCC2)=NC1=O)Nc1cccc(C(=O)N2CCSCC2)c1. The zero-order chi connectivity index (χ0) is 20.9. The predicted molar refractivity (Wildman–Crippen MR) is 122 cm³/mol. The number of aliphatic imine (C=N–C) groups is 1. The van der Waals surface area contributed by atoms with Gasteiger partial charge in [-0.15, -0.1) is 0 Å². The fraction of sp³-hybridized carbons (Fsp3) is 0.524. The van der Waals surface area contributed by atoms with Gasteiger partial charge in [0.25, 0.3) is 11.8 Å². The Kier molecular flexibility index (Phi) is 6.99. The highest BCUT2D eigenvalue weighted by Gasteiger charge is 2.33. The average molecular weight is 447 g/mol. The van der Waals surface area contributed by atoms with E-state index < -0.39 is 5.25 Å². The molecular formula is C21H26N4O3S2. The molecule has 2 fully saturated rings. The molecule has 160 valence electrons. The largest absolute Gasteiger partial charge is 0.351 e. The van der Waals surface area contributed by atoms with Crippen LogP contribution >= 0.6 is 23.5 Å². The van der Waals surface area contributed by atoms with Gasteiger partial charge in [-0.2, -0.15) is 16.8 Å². The third kappa shape index (κ3) is 5.18. The number of carbonyl (C=O) groups excluding carboxylic acids is 3. The van der Waals surface area contributed by atoms with Crippen LogP contribution in [-0.4, -0.2) is 75.6 Å². The summed E-state index contributed by atoms with van der Waals surface area (Å²) in [5.74, 6) is 1.43. The van der Waals surface area contributed by atoms with E-state index in [-0.39, 0.29) is 24.1 Å². The molecule has 1 atom stereocenters. The molecule has 0 spiro atoms. The molecule has 3 aliphatic rings. The topological polar surface area (TPSA) is 82.1 Å². The third-order valence-corrected chi connectivity index (χ3v) is 7.57. The van der Waals surface area contributed by atoms with Crippen molar-refractivity contribution in [1.82, 2.24) is 9.80 Å². The summed E-state index contributed by atoms with van der Waals surface area (Å²) >= 11 is 3.25. The highest BCUT2D eigenvalue weighted by molar-refractivity contribution is 8.15. The highest BCUT2D eigenvalue weighted by Crippen LogP contribution is 2.29. The van der Waals surface area contributed by atoms with Gasteiger partial charge in [0.15, 0.2) is 5.17 Å². The van der Waals surface area contributed by atoms with Gasteiger partial charge in [0.2, 0.25) is 5.91 Å². The number of benzene rings is 1. The molecular weight excluding hydrogens is 420 g/mol. The second kappa shape index (κ2) is 9.87. The van der Waals surface area contributed by atoms with E-state index in [0.717, 1.165) is 55.7 Å². The van der Waals surface area contributed by atoms with Gasteiger partial charge in [-0.25, -0.2) is 0 Å². The zero-order valence-electron chi connectivity index (χ0n) is 16.8. The number of anilines is 1. The minimum Gasteiger partial charge on any atom is -0.351 e. The lowest BCUT2D eigenvalue weighted by molar-refractivity contribution is -0.121. The monoisotopic (exact) mass is 446 g/mol. The van der Waals surface area contributed by atoms with Gasteiger partial charge in [-0.05, 0) is 37.5 Å². The van der Waals surface area contributed by atoms with Crippen LogP contribution in [0.4, 0.5) is 5.69 Å². The molecule has 0 aromatic heterocycles. The summed E-state index contributed by atoms with van der Waals surface area (Å²) in [6.45, 7) is 3.35. The number of rotatable bonds is 4. The Bertz CT molecular complexity index is 848. The van der Waals surface area contributed by atoms with Crippen LogP contribution in [0.5, 0.6) is 0 Å². The van der Waals surface area contributed by atoms with Crippen molar-refractivity contribution in [2.45, 2.75) is 30.9 Å². The van der Waals surface area contributed by atoms with Gasteiger partial charge in [-0.3, -0.25) is 14.4 Å². The Morgan fingerprint density at radius 3 is 2.63 bits per heavy atom. The molecule has 30 heavy (non-hydrogen) atoms. The molecule has 1 unspecified atom stereocenters. The Morgan fingerprint density at radius 1 is 1.10 bits per heavy atom. The quantitative estimate of drug-likeness (QED) is 0.766. The van der Waals surface area contributed by atoms with E-state index in [2.05, 4.69) is 15.2 Å². The molecule has 2 saturated heterocycles. The van der Waals surface area contributed by atoms with Crippen molar-refractivity contribution >= 4 is 52.1 Å². The molecule has 3 aliphatic heterocycles. The van der Waals surface area contributed by atoms with E-state index in [1.165, 1.54) is 18.2 Å². The van der Waals surface area contributed by atoms with E-state index in [0.29, 0.717) is 11.3 Å². The number of amidine groups is 1. The van der Waals surface area contributed by atoms with Crippen LogP contribution in [0.3, 0.4) is 0 Å². The van der Waals surface area contributed by atoms with Gasteiger partial charge in [0, 0.05) is 55.4 Å². The molecule has 3 heterocycles. The Balaban J connectivity index is 1.32. The van der Waals surface area contributed by atoms with Crippen molar-refractivity contribution in [3.63, 3.8) is 0 Å². The summed E-state index contributed by atoms with van der Waals surface area (Å²) in [4.78, 5) is 45.7. The second-order valence-electron chi connectivity index (χ2n) is 7.62. The molecule has 0 bridgehead atoms. The summed E-state index contributed by atoms with van der Waals surface area (Å²) in [5, 5.41) is 3.12. The van der Waals surface area contributed by atoms with Gasteiger partial charge in [-0.1, -0.05) is 17.8 Å². The smallest absolute Gasteiger partial charge is 0.262 e. The molecule has 0 aliphatic carbocycles. The van der Waals surface area contributed by atoms with Crippen molar-refractivity contribution in [2.75, 3.05) is 43.0 Å². The number of piperidine rings is 1. The number of amides is 3. The Hall–Kier alpha value is -2.00. The lowest BCUT2D eigenvalue weighted by Crippen LogP contribution is -2.37. The second-order valence-corrected chi connectivity index (χ2v) is 10.0. The molecule has 3 amide bonds. The first-order chi connectivity index (χ1) is 14.6. The van der Waals surface area contributed by atoms with Gasteiger partial charge in [0.05, 0.1) is 0 Å². The summed E-state index contributed by atoms with van der Waals surface area (Å²) in [5.41, 5.74) is 1.14. The van der Waals surface area contributed by atoms with Crippen LogP contribution < -0.4 is 5.32 Å². The van der Waals surface area contributed by atoms with E-state index >= 15 is 0 Å². The number of nitrogens with one attached hydrogen (secondary N) is 1. The van der Waals surface area contributed by atoms with Crippen LogP contribution in [0.1, 0.15) is 36.0 Å². The molecule has 4 rings (SSSR count). The van der Waals surface area contributed by atoms with Crippen LogP contribution in [0.15, 0.2) is 29.3 Å². The van der Waals surface area contributed by atoms with E-state index in [9.17, 15) is 14.4 Å². The zero-order valence-corrected chi connectivity index (χ0v) is 18.5. The first kappa shape index (κ1) is 21.2. The minimum atomic E-state index is -0.474. The Labute approximate surface area is 185 Å². The fourth-order valence-corrected chi connectivity index (χ4v) is 5.81. The highest BCUT2D eigenvalue weighted by atomic mass is 32.2. The number of hydrogen-bond acceptors (Lipinski definition) is 6. The molecule has 9 heteroatoms. The molecule has 1 aromatic rings. The van der Waals surface area contributed by atoms with E-state index in [1.807, 2.05) is 16.7 Å². The van der Waals surface area contributed by atoms with Gasteiger partial charge >= 0.3 is 0 Å². The maximum absolute atomic E-state index is 12.7. The minimum absolute atomic E-state index is 0.00695. The third-order valence-electron chi connectivity index (χ3n) is 5.42. The fourth-order valence-electron chi connectivity index (χ4n) is 3.79. The first-order valence-corrected chi connectivity index (χ1v) is 12.4. The van der Waals surface area contributed by atoms with E-state index in [4.69, 9.17) is 0 Å². The number of hydrogen-bond donors (Lipinski definition) is 1. The summed E-state index contributed by atoms with van der Waals surface area (Å²) in [6, 6.07) is 7.02. The molecule has 7 nitrogen and oxygen atoms in total. The maximum Gasteiger partial charge on any atom is 0.262 e. The van der Waals surface area contributed by atoms with Crippen LogP contribution in [0, 0.1) is 0 Å². The van der Waals surface area contributed by atoms with E-state index in [1.54, 1.807) is 24.3 Å². The van der Waals surface area contributed by atoms with Crippen molar-refractivity contribution in [1.29, 1.82) is 0 Å². The summed E-state index contributed by atoms with van der Waals surface area (Å²) < 4.78 is 0. The summed E-state index contributed by atoms with van der Waals surface area (Å²) in [6.07, 6.45) is 3.52. The van der Waals surface area contributed by atoms with Crippen molar-refractivity contribution < 1.29 is 14.4 Å². The molecule has 1 N–H and O–H groups in total.